The standard InChI is InChI=1S/C40H39F3N12O3/c1-22-46-31-14-24(42)12-27-30-6-5-7-34(48-30)47-25-15-33(38(56)51(2)18-26(57-3)19-53(22)35(27)31)54(17-25)36-28-16-45-55(32-9-8-23(41)13-29(32)43)37(28)50-39(49-36)52-20-40(21-52,58-4)10-11-44/h5-9,12-14,16,25-26,33H,10,15,17-21H2,1-4H3,(H,47,48)/t25-,26-,33-/m0/s1. The first-order chi connectivity index (χ1) is 28.0. The molecule has 0 aliphatic carbocycles. The molecule has 4 bridgehead atoms. The van der Waals surface area contributed by atoms with Crippen LogP contribution in [0.3, 0.4) is 0 Å². The minimum absolute atomic E-state index is 0.0236. The highest BCUT2D eigenvalue weighted by Gasteiger charge is 2.46. The second-order valence-electron chi connectivity index (χ2n) is 15.1. The van der Waals surface area contributed by atoms with Gasteiger partial charge in [-0.15, -0.1) is 0 Å². The number of nitrogens with zero attached hydrogens (tertiary/aromatic N) is 11. The molecular formula is C40H39F3N12O3. The summed E-state index contributed by atoms with van der Waals surface area (Å²) in [5, 5.41) is 18.0. The highest BCUT2D eigenvalue weighted by Crippen LogP contribution is 2.38. The fraction of sp³-hybridized carbons (Fsp3) is 0.375. The van der Waals surface area contributed by atoms with Gasteiger partial charge in [-0.1, -0.05) is 6.07 Å². The van der Waals surface area contributed by atoms with Gasteiger partial charge < -0.3 is 34.1 Å². The maximum atomic E-state index is 15.3. The maximum absolute atomic E-state index is 15.3. The molecule has 58 heavy (non-hydrogen) atoms. The number of nitrogens with one attached hydrogen (secondary N) is 1. The number of rotatable bonds is 6. The van der Waals surface area contributed by atoms with Gasteiger partial charge in [-0.25, -0.2) is 27.8 Å². The summed E-state index contributed by atoms with van der Waals surface area (Å²) < 4.78 is 59.4. The molecule has 1 N–H and O–H groups in total. The summed E-state index contributed by atoms with van der Waals surface area (Å²) in [4.78, 5) is 39.6. The number of hydrogen-bond acceptors (Lipinski definition) is 12. The lowest BCUT2D eigenvalue weighted by Gasteiger charge is -2.47. The molecule has 3 aliphatic rings. The van der Waals surface area contributed by atoms with Gasteiger partial charge in [0.05, 0.1) is 66.5 Å². The average molecular weight is 793 g/mol. The molecule has 4 aromatic heterocycles. The first-order valence-electron chi connectivity index (χ1n) is 18.8. The number of carbonyl (C=O) groups is 1. The second-order valence-corrected chi connectivity index (χ2v) is 15.1. The van der Waals surface area contributed by atoms with E-state index in [0.29, 0.717) is 71.2 Å². The number of fused-ring (bicyclic) bond motifs is 6. The lowest BCUT2D eigenvalue weighted by atomic mass is 9.91. The van der Waals surface area contributed by atoms with Crippen LogP contribution in [0.4, 0.5) is 30.8 Å². The Hall–Kier alpha value is -6.32. The van der Waals surface area contributed by atoms with Gasteiger partial charge in [0.15, 0.2) is 11.5 Å². The number of aromatic nitrogens is 7. The monoisotopic (exact) mass is 792 g/mol. The van der Waals surface area contributed by atoms with E-state index < -0.39 is 35.2 Å². The van der Waals surface area contributed by atoms with Crippen LogP contribution in [0.5, 0.6) is 0 Å². The number of hydrogen-bond donors (Lipinski definition) is 1. The average Bonchev–Trinajstić information content (AvgIpc) is 3.89. The van der Waals surface area contributed by atoms with Gasteiger partial charge in [0.25, 0.3) is 0 Å². The third-order valence-electron chi connectivity index (χ3n) is 11.4. The Balaban J connectivity index is 1.17. The molecule has 2 fully saturated rings. The van der Waals surface area contributed by atoms with E-state index in [0.717, 1.165) is 12.1 Å². The Morgan fingerprint density at radius 1 is 1.00 bits per heavy atom. The van der Waals surface area contributed by atoms with Crippen molar-refractivity contribution in [2.75, 3.05) is 62.6 Å². The minimum atomic E-state index is -0.837. The quantitative estimate of drug-likeness (QED) is 0.250. The van der Waals surface area contributed by atoms with E-state index >= 15 is 8.78 Å². The molecule has 298 valence electrons. The molecule has 15 nitrogen and oxygen atoms in total. The molecule has 7 heterocycles. The zero-order valence-corrected chi connectivity index (χ0v) is 32.2. The van der Waals surface area contributed by atoms with Crippen LogP contribution in [0.1, 0.15) is 18.7 Å². The second kappa shape index (κ2) is 14.3. The molecule has 6 aromatic rings. The van der Waals surface area contributed by atoms with Gasteiger partial charge in [0.2, 0.25) is 11.9 Å². The van der Waals surface area contributed by atoms with Gasteiger partial charge in [-0.3, -0.25) is 4.79 Å². The maximum Gasteiger partial charge on any atom is 0.245 e. The van der Waals surface area contributed by atoms with E-state index in [1.807, 2.05) is 39.5 Å². The van der Waals surface area contributed by atoms with Crippen molar-refractivity contribution in [3.8, 4) is 23.0 Å². The van der Waals surface area contributed by atoms with E-state index in [9.17, 15) is 14.4 Å². The molecule has 0 spiro atoms. The van der Waals surface area contributed by atoms with Gasteiger partial charge in [-0.05, 0) is 43.7 Å². The van der Waals surface area contributed by atoms with Crippen LogP contribution in [0.2, 0.25) is 0 Å². The summed E-state index contributed by atoms with van der Waals surface area (Å²) in [6.45, 7) is 3.31. The third-order valence-corrected chi connectivity index (χ3v) is 11.4. The predicted molar refractivity (Wildman–Crippen MR) is 208 cm³/mol. The lowest BCUT2D eigenvalue weighted by molar-refractivity contribution is -0.132. The molecule has 3 aliphatic heterocycles. The minimum Gasteiger partial charge on any atom is -0.378 e. The van der Waals surface area contributed by atoms with E-state index in [4.69, 9.17) is 24.4 Å². The number of carbonyl (C=O) groups excluding carboxylic acids is 1. The van der Waals surface area contributed by atoms with E-state index in [1.165, 1.54) is 29.1 Å². The Bertz CT molecular complexity index is 2640. The number of ether oxygens (including phenoxy) is 2. The number of methoxy groups -OCH3 is 2. The van der Waals surface area contributed by atoms with E-state index in [-0.39, 0.29) is 48.7 Å². The van der Waals surface area contributed by atoms with Crippen molar-refractivity contribution >= 4 is 45.6 Å². The normalized spacial score (nSPS) is 20.5. The van der Waals surface area contributed by atoms with Crippen molar-refractivity contribution in [1.82, 2.24) is 39.2 Å². The third kappa shape index (κ3) is 6.30. The molecule has 2 aromatic carbocycles. The molecule has 9 rings (SSSR count). The molecule has 3 atom stereocenters. The summed E-state index contributed by atoms with van der Waals surface area (Å²) in [6.07, 6.45) is 1.54. The highest BCUT2D eigenvalue weighted by molar-refractivity contribution is 5.94. The number of pyridine rings is 1. The number of amides is 1. The van der Waals surface area contributed by atoms with Gasteiger partial charge in [-0.2, -0.15) is 20.3 Å². The topological polar surface area (TPSA) is 155 Å². The zero-order chi connectivity index (χ0) is 40.5. The summed E-state index contributed by atoms with van der Waals surface area (Å²) >= 11 is 0. The van der Waals surface area contributed by atoms with Crippen molar-refractivity contribution < 1.29 is 27.4 Å². The van der Waals surface area contributed by atoms with Crippen LogP contribution in [-0.2, 0) is 20.8 Å². The predicted octanol–water partition coefficient (Wildman–Crippen LogP) is 4.62. The fourth-order valence-electron chi connectivity index (χ4n) is 8.43. The summed E-state index contributed by atoms with van der Waals surface area (Å²) in [6, 6.07) is 12.7. The van der Waals surface area contributed by atoms with Crippen molar-refractivity contribution in [2.24, 2.45) is 0 Å². The van der Waals surface area contributed by atoms with Crippen LogP contribution >= 0.6 is 0 Å². The Labute approximate surface area is 330 Å². The van der Waals surface area contributed by atoms with Crippen molar-refractivity contribution in [3.63, 3.8) is 0 Å². The number of nitriles is 1. The SMILES string of the molecule is CO[C@H]1CN(C)C(=O)[C@@H]2C[C@@H](CN2c2nc(N3CC(CC#N)(OC)C3)nc3c2cnn3-c2ccc(F)cc2F)Nc2cccc(n2)-c2cc(F)cc3nc(C)n(c23)C1. The highest BCUT2D eigenvalue weighted by atomic mass is 19.1. The van der Waals surface area contributed by atoms with Crippen LogP contribution in [-0.4, -0.2) is 116 Å². The Kier molecular flexibility index (Phi) is 9.16. The Morgan fingerprint density at radius 2 is 1.83 bits per heavy atom. The summed E-state index contributed by atoms with van der Waals surface area (Å²) in [5.74, 6) is -0.389. The lowest BCUT2D eigenvalue weighted by Crippen LogP contribution is -2.63. The number of anilines is 3. The zero-order valence-electron chi connectivity index (χ0n) is 32.2. The Morgan fingerprint density at radius 3 is 2.59 bits per heavy atom. The van der Waals surface area contributed by atoms with Crippen LogP contribution in [0, 0.1) is 35.7 Å². The molecular weight excluding hydrogens is 754 g/mol. The number of aryl methyl sites for hydroxylation is 1. The van der Waals surface area contributed by atoms with Crippen molar-refractivity contribution in [2.45, 2.75) is 50.1 Å². The molecule has 0 saturated carbocycles. The van der Waals surface area contributed by atoms with Gasteiger partial charge in [0, 0.05) is 58.1 Å². The largest absolute Gasteiger partial charge is 0.378 e. The fourth-order valence-corrected chi connectivity index (χ4v) is 8.43. The van der Waals surface area contributed by atoms with Crippen molar-refractivity contribution in [1.29, 1.82) is 5.26 Å². The van der Waals surface area contributed by atoms with Crippen LogP contribution in [0.25, 0.3) is 39.0 Å². The smallest absolute Gasteiger partial charge is 0.245 e. The van der Waals surface area contributed by atoms with Crippen LogP contribution in [0.15, 0.2) is 54.7 Å². The number of benzene rings is 2. The van der Waals surface area contributed by atoms with Crippen molar-refractivity contribution in [3.05, 3.63) is 78.0 Å². The van der Waals surface area contributed by atoms with E-state index in [1.54, 1.807) is 26.2 Å². The first-order valence-corrected chi connectivity index (χ1v) is 18.8. The summed E-state index contributed by atoms with van der Waals surface area (Å²) in [7, 11) is 4.87. The molecule has 18 heteroatoms. The summed E-state index contributed by atoms with van der Waals surface area (Å²) in [5.41, 5.74) is 1.80. The number of halogens is 3. The van der Waals surface area contributed by atoms with Gasteiger partial charge >= 0.3 is 0 Å². The number of imidazole rings is 1. The number of likely N-dealkylation sites (N-methyl/N-ethyl adjacent to an activating group) is 1. The molecule has 2 saturated heterocycles. The van der Waals surface area contributed by atoms with Crippen LogP contribution < -0.4 is 15.1 Å². The van der Waals surface area contributed by atoms with Gasteiger partial charge in [0.1, 0.15) is 46.4 Å². The molecule has 0 unspecified atom stereocenters. The van der Waals surface area contributed by atoms with E-state index in [2.05, 4.69) is 21.5 Å². The molecule has 1 amide bonds. The molecule has 0 radical (unpaired) electrons. The first kappa shape index (κ1) is 37.3.